The van der Waals surface area contributed by atoms with E-state index in [0.29, 0.717) is 18.8 Å². The van der Waals surface area contributed by atoms with Crippen LogP contribution in [0.3, 0.4) is 0 Å². The largest absolute Gasteiger partial charge is 0.395 e. The fraction of sp³-hybridized carbons (Fsp3) is 0.364. The van der Waals surface area contributed by atoms with Crippen LogP contribution in [0.1, 0.15) is 31.4 Å². The van der Waals surface area contributed by atoms with Gasteiger partial charge in [-0.25, -0.2) is 4.79 Å². The number of hydrogen-bond donors (Lipinski definition) is 7. The Kier molecular flexibility index (Phi) is 12.0. The number of carbonyl (C=O) groups excluding carboxylic acids is 3. The van der Waals surface area contributed by atoms with Gasteiger partial charge in [-0.1, -0.05) is 72.4 Å². The van der Waals surface area contributed by atoms with E-state index in [9.17, 15) is 19.5 Å². The Morgan fingerprint density at radius 2 is 1.73 bits per heavy atom. The average Bonchev–Trinajstić information content (AvgIpc) is 3.15. The van der Waals surface area contributed by atoms with E-state index < -0.39 is 23.0 Å². The summed E-state index contributed by atoms with van der Waals surface area (Å²) in [5, 5.41) is 38.3. The van der Waals surface area contributed by atoms with Gasteiger partial charge in [0.05, 0.1) is 25.0 Å². The van der Waals surface area contributed by atoms with E-state index >= 15 is 0 Å². The normalized spacial score (nSPS) is 15.5. The Morgan fingerprint density at radius 1 is 1.02 bits per heavy atom. The van der Waals surface area contributed by atoms with Crippen LogP contribution in [0.5, 0.6) is 0 Å². The number of fused-ring (bicyclic) bond motifs is 1. The third-order valence-electron chi connectivity index (χ3n) is 7.25. The van der Waals surface area contributed by atoms with Crippen molar-refractivity contribution in [3.05, 3.63) is 83.9 Å². The minimum absolute atomic E-state index is 0.0675. The molecule has 1 aliphatic heterocycles. The first-order chi connectivity index (χ1) is 21.6. The Hall–Kier alpha value is -3.94. The highest BCUT2D eigenvalue weighted by Crippen LogP contribution is 2.33. The number of nitrogens with one attached hydrogen (secondary N) is 4. The zero-order valence-corrected chi connectivity index (χ0v) is 26.3. The standard InChI is InChI=1S/C33H41N5O6S/c1-33(2,35-18-25(41)21-40)17-29(42)37-30-31(43)38(20-24-7-3-6-10-28(24)45-30)19-22-11-13-23(14-12-22)26-8-4-5-9-27(26)36-32(44)34-15-16-39/h3-14,25,30,35,39-41H,15-21H2,1-2H3,(H,37,42)(H2,34,36,44)/t25-,30+/m0/s1. The first-order valence-corrected chi connectivity index (χ1v) is 15.7. The zero-order valence-electron chi connectivity index (χ0n) is 25.5. The summed E-state index contributed by atoms with van der Waals surface area (Å²) in [6.07, 6.45) is -0.862. The van der Waals surface area contributed by atoms with E-state index in [-0.39, 0.29) is 44.5 Å². The van der Waals surface area contributed by atoms with E-state index in [0.717, 1.165) is 27.1 Å². The second-order valence-electron chi connectivity index (χ2n) is 11.5. The average molecular weight is 636 g/mol. The van der Waals surface area contributed by atoms with Crippen LogP contribution in [-0.2, 0) is 22.7 Å². The van der Waals surface area contributed by atoms with Gasteiger partial charge < -0.3 is 41.5 Å². The summed E-state index contributed by atoms with van der Waals surface area (Å²) >= 11 is 1.32. The molecule has 0 bridgehead atoms. The quantitative estimate of drug-likeness (QED) is 0.151. The van der Waals surface area contributed by atoms with Crippen molar-refractivity contribution >= 4 is 35.3 Å². The predicted octanol–water partition coefficient (Wildman–Crippen LogP) is 2.66. The highest BCUT2D eigenvalue weighted by Gasteiger charge is 2.33. The van der Waals surface area contributed by atoms with Gasteiger partial charge in [0.1, 0.15) is 0 Å². The predicted molar refractivity (Wildman–Crippen MR) is 174 cm³/mol. The molecule has 2 atom stereocenters. The number of hydrogen-bond acceptors (Lipinski definition) is 8. The molecule has 1 heterocycles. The minimum Gasteiger partial charge on any atom is -0.395 e. The van der Waals surface area contributed by atoms with Gasteiger partial charge in [0.2, 0.25) is 5.91 Å². The van der Waals surface area contributed by atoms with E-state index in [1.165, 1.54) is 11.8 Å². The molecule has 1 aliphatic rings. The lowest BCUT2D eigenvalue weighted by Gasteiger charge is -2.29. The summed E-state index contributed by atoms with van der Waals surface area (Å²) in [4.78, 5) is 41.8. The van der Waals surface area contributed by atoms with Gasteiger partial charge >= 0.3 is 6.03 Å². The van der Waals surface area contributed by atoms with Crippen molar-refractivity contribution in [2.24, 2.45) is 0 Å². The molecule has 0 radical (unpaired) electrons. The second kappa shape index (κ2) is 15.9. The molecule has 0 spiro atoms. The Balaban J connectivity index is 1.48. The maximum atomic E-state index is 13.8. The summed E-state index contributed by atoms with van der Waals surface area (Å²) in [5.74, 6) is -0.517. The molecule has 0 fully saturated rings. The van der Waals surface area contributed by atoms with Crippen molar-refractivity contribution in [2.75, 3.05) is 31.6 Å². The molecule has 3 aromatic rings. The molecule has 45 heavy (non-hydrogen) atoms. The topological polar surface area (TPSA) is 163 Å². The van der Waals surface area contributed by atoms with Crippen LogP contribution < -0.4 is 21.3 Å². The number of carbonyl (C=O) groups is 3. The van der Waals surface area contributed by atoms with Gasteiger partial charge in [0.25, 0.3) is 5.91 Å². The summed E-state index contributed by atoms with van der Waals surface area (Å²) in [7, 11) is 0. The number of urea groups is 1. The molecular formula is C33H41N5O6S. The third-order valence-corrected chi connectivity index (χ3v) is 8.45. The van der Waals surface area contributed by atoms with Crippen molar-refractivity contribution in [2.45, 2.75) is 55.3 Å². The van der Waals surface area contributed by atoms with Gasteiger partial charge in [-0.3, -0.25) is 9.59 Å². The molecular weight excluding hydrogens is 594 g/mol. The Bertz CT molecular complexity index is 1470. The van der Waals surface area contributed by atoms with Crippen LogP contribution in [0.15, 0.2) is 77.7 Å². The van der Waals surface area contributed by atoms with Crippen molar-refractivity contribution in [1.82, 2.24) is 20.9 Å². The molecule has 0 unspecified atom stereocenters. The molecule has 0 saturated carbocycles. The maximum absolute atomic E-state index is 13.8. The van der Waals surface area contributed by atoms with Gasteiger partial charge in [-0.2, -0.15) is 0 Å². The van der Waals surface area contributed by atoms with Gasteiger partial charge in [-0.15, -0.1) is 0 Å². The van der Waals surface area contributed by atoms with Crippen molar-refractivity contribution in [1.29, 1.82) is 0 Å². The van der Waals surface area contributed by atoms with Gasteiger partial charge in [0, 0.05) is 48.6 Å². The highest BCUT2D eigenvalue weighted by molar-refractivity contribution is 8.00. The smallest absolute Gasteiger partial charge is 0.319 e. The second-order valence-corrected chi connectivity index (χ2v) is 12.6. The Morgan fingerprint density at radius 3 is 2.47 bits per heavy atom. The SMILES string of the molecule is CC(C)(CC(=O)N[C@@H]1Sc2ccccc2CN(Cc2ccc(-c3ccccc3NC(=O)NCCO)cc2)C1=O)NC[C@H](O)CO. The summed E-state index contributed by atoms with van der Waals surface area (Å²) in [6.45, 7) is 4.12. The molecule has 0 aromatic heterocycles. The van der Waals surface area contributed by atoms with E-state index in [1.807, 2.05) is 80.6 Å². The minimum atomic E-state index is -0.930. The number of para-hydroxylation sites is 1. The van der Waals surface area contributed by atoms with E-state index in [2.05, 4.69) is 21.3 Å². The Labute approximate surface area is 267 Å². The van der Waals surface area contributed by atoms with Crippen molar-refractivity contribution < 1.29 is 29.7 Å². The van der Waals surface area contributed by atoms with E-state index in [1.54, 1.807) is 11.0 Å². The number of benzene rings is 3. The molecule has 7 N–H and O–H groups in total. The number of rotatable bonds is 13. The molecule has 11 nitrogen and oxygen atoms in total. The molecule has 3 aromatic carbocycles. The number of β-amino-alcohol motifs (C(OH)–C–C–N with tert-alkyl or cyclic N) is 1. The maximum Gasteiger partial charge on any atom is 0.319 e. The number of anilines is 1. The van der Waals surface area contributed by atoms with Gasteiger partial charge in [0.15, 0.2) is 5.37 Å². The lowest BCUT2D eigenvalue weighted by Crippen LogP contribution is -2.50. The van der Waals surface area contributed by atoms with Crippen LogP contribution in [0.25, 0.3) is 11.1 Å². The number of thioether (sulfide) groups is 1. The number of amides is 4. The number of aliphatic hydroxyl groups is 3. The van der Waals surface area contributed by atoms with Crippen LogP contribution in [0, 0.1) is 0 Å². The molecule has 0 saturated heterocycles. The summed E-state index contributed by atoms with van der Waals surface area (Å²) in [5.41, 5.74) is 3.55. The molecule has 4 rings (SSSR count). The molecule has 12 heteroatoms. The summed E-state index contributed by atoms with van der Waals surface area (Å²) in [6, 6.07) is 22.5. The van der Waals surface area contributed by atoms with Crippen LogP contribution in [0.4, 0.5) is 10.5 Å². The lowest BCUT2D eigenvalue weighted by atomic mass is 10.00. The first-order valence-electron chi connectivity index (χ1n) is 14.8. The van der Waals surface area contributed by atoms with Crippen molar-refractivity contribution in [3.8, 4) is 11.1 Å². The lowest BCUT2D eigenvalue weighted by molar-refractivity contribution is -0.135. The van der Waals surface area contributed by atoms with Crippen LogP contribution >= 0.6 is 11.8 Å². The molecule has 4 amide bonds. The van der Waals surface area contributed by atoms with Gasteiger partial charge in [-0.05, 0) is 42.7 Å². The number of nitrogens with zero attached hydrogens (tertiary/aromatic N) is 1. The van der Waals surface area contributed by atoms with Crippen molar-refractivity contribution in [3.63, 3.8) is 0 Å². The third kappa shape index (κ3) is 9.77. The van der Waals surface area contributed by atoms with Crippen LogP contribution in [-0.4, -0.2) is 81.4 Å². The molecule has 240 valence electrons. The summed E-state index contributed by atoms with van der Waals surface area (Å²) < 4.78 is 0. The number of aliphatic hydroxyl groups excluding tert-OH is 3. The fourth-order valence-electron chi connectivity index (χ4n) is 4.91. The van der Waals surface area contributed by atoms with Crippen LogP contribution in [0.2, 0.25) is 0 Å². The monoisotopic (exact) mass is 635 g/mol. The zero-order chi connectivity index (χ0) is 32.4. The molecule has 0 aliphatic carbocycles. The first kappa shape index (κ1) is 33.9. The highest BCUT2D eigenvalue weighted by atomic mass is 32.2. The fourth-order valence-corrected chi connectivity index (χ4v) is 6.05. The van der Waals surface area contributed by atoms with E-state index in [4.69, 9.17) is 10.2 Å².